The number of thioether (sulfide) groups is 1. The third-order valence-corrected chi connectivity index (χ3v) is 4.35. The normalized spacial score (nSPS) is 18.9. The molecule has 1 aliphatic rings. The zero-order valence-electron chi connectivity index (χ0n) is 11.3. The van der Waals surface area contributed by atoms with E-state index >= 15 is 0 Å². The lowest BCUT2D eigenvalue weighted by molar-refractivity contribution is 0.363. The lowest BCUT2D eigenvalue weighted by atomic mass is 10.2. The summed E-state index contributed by atoms with van der Waals surface area (Å²) in [5.41, 5.74) is 0.908. The minimum Gasteiger partial charge on any atom is -0.497 e. The van der Waals surface area contributed by atoms with Crippen molar-refractivity contribution in [3.63, 3.8) is 0 Å². The maximum Gasteiger partial charge on any atom is 0.228 e. The molecule has 2 aromatic rings. The molecule has 106 valence electrons. The molecule has 1 unspecified atom stereocenters. The molecule has 0 amide bonds. The van der Waals surface area contributed by atoms with Crippen LogP contribution in [0.25, 0.3) is 11.4 Å². The van der Waals surface area contributed by atoms with Crippen LogP contribution in [0, 0.1) is 0 Å². The first-order valence-corrected chi connectivity index (χ1v) is 7.79. The van der Waals surface area contributed by atoms with Gasteiger partial charge in [-0.05, 0) is 12.1 Å². The Morgan fingerprint density at radius 1 is 1.50 bits per heavy atom. The van der Waals surface area contributed by atoms with Crippen LogP contribution in [-0.4, -0.2) is 41.3 Å². The molecular weight excluding hydrogens is 274 g/mol. The van der Waals surface area contributed by atoms with Gasteiger partial charge < -0.3 is 14.6 Å². The summed E-state index contributed by atoms with van der Waals surface area (Å²) in [4.78, 5) is 4.47. The third kappa shape index (κ3) is 3.13. The average Bonchev–Trinajstić information content (AvgIpc) is 2.97. The van der Waals surface area contributed by atoms with Crippen molar-refractivity contribution in [1.82, 2.24) is 15.5 Å². The van der Waals surface area contributed by atoms with Crippen LogP contribution in [0.5, 0.6) is 5.75 Å². The van der Waals surface area contributed by atoms with Crippen LogP contribution >= 0.6 is 11.8 Å². The molecule has 6 heteroatoms. The zero-order valence-corrected chi connectivity index (χ0v) is 12.2. The molecule has 20 heavy (non-hydrogen) atoms. The Bertz CT molecular complexity index is 567. The standard InChI is InChI=1S/C14H17N3O2S/c1-18-12-4-2-3-10(7-12)14-16-13(19-17-14)8-11-9-20-6-5-15-11/h2-4,7,11,15H,5-6,8-9H2,1H3. The van der Waals surface area contributed by atoms with Crippen molar-refractivity contribution in [3.05, 3.63) is 30.2 Å². The van der Waals surface area contributed by atoms with Gasteiger partial charge in [-0.2, -0.15) is 16.7 Å². The predicted octanol–water partition coefficient (Wildman–Crippen LogP) is 1.99. The Morgan fingerprint density at radius 3 is 3.25 bits per heavy atom. The van der Waals surface area contributed by atoms with Gasteiger partial charge in [-0.3, -0.25) is 0 Å². The van der Waals surface area contributed by atoms with E-state index in [9.17, 15) is 0 Å². The number of benzene rings is 1. The topological polar surface area (TPSA) is 60.2 Å². The highest BCUT2D eigenvalue weighted by molar-refractivity contribution is 7.99. The van der Waals surface area contributed by atoms with E-state index in [0.717, 1.165) is 30.0 Å². The Kier molecular flexibility index (Phi) is 4.22. The largest absolute Gasteiger partial charge is 0.497 e. The van der Waals surface area contributed by atoms with Crippen molar-refractivity contribution < 1.29 is 9.26 Å². The third-order valence-electron chi connectivity index (χ3n) is 3.22. The number of methoxy groups -OCH3 is 1. The second kappa shape index (κ2) is 6.28. The van der Waals surface area contributed by atoms with Crippen LogP contribution in [-0.2, 0) is 6.42 Å². The highest BCUT2D eigenvalue weighted by atomic mass is 32.2. The maximum atomic E-state index is 5.34. The Balaban J connectivity index is 1.72. The number of ether oxygens (including phenoxy) is 1. The molecule has 1 aromatic heterocycles. The number of nitrogens with zero attached hydrogens (tertiary/aromatic N) is 2. The highest BCUT2D eigenvalue weighted by Gasteiger charge is 2.17. The Labute approximate surface area is 122 Å². The van der Waals surface area contributed by atoms with Gasteiger partial charge in [0.15, 0.2) is 0 Å². The van der Waals surface area contributed by atoms with Gasteiger partial charge in [0, 0.05) is 36.1 Å². The summed E-state index contributed by atoms with van der Waals surface area (Å²) in [5, 5.41) is 7.52. The number of aromatic nitrogens is 2. The van der Waals surface area contributed by atoms with Crippen LogP contribution in [0.2, 0.25) is 0 Å². The van der Waals surface area contributed by atoms with E-state index in [2.05, 4.69) is 15.5 Å². The molecular formula is C14H17N3O2S. The molecule has 1 saturated heterocycles. The van der Waals surface area contributed by atoms with Crippen LogP contribution in [0.3, 0.4) is 0 Å². The summed E-state index contributed by atoms with van der Waals surface area (Å²) >= 11 is 1.96. The van der Waals surface area contributed by atoms with E-state index in [4.69, 9.17) is 9.26 Å². The minimum atomic E-state index is 0.423. The monoisotopic (exact) mass is 291 g/mol. The second-order valence-electron chi connectivity index (χ2n) is 4.67. The molecule has 2 heterocycles. The molecule has 0 saturated carbocycles. The maximum absolute atomic E-state index is 5.34. The Morgan fingerprint density at radius 2 is 2.45 bits per heavy atom. The molecule has 1 aromatic carbocycles. The second-order valence-corrected chi connectivity index (χ2v) is 5.82. The van der Waals surface area contributed by atoms with Crippen molar-refractivity contribution >= 4 is 11.8 Å². The molecule has 1 aliphatic heterocycles. The van der Waals surface area contributed by atoms with E-state index < -0.39 is 0 Å². The van der Waals surface area contributed by atoms with Crippen molar-refractivity contribution in [2.45, 2.75) is 12.5 Å². The summed E-state index contributed by atoms with van der Waals surface area (Å²) in [6.45, 7) is 1.05. The van der Waals surface area contributed by atoms with Crippen LogP contribution in [0.15, 0.2) is 28.8 Å². The Hall–Kier alpha value is -1.53. The van der Waals surface area contributed by atoms with Crippen LogP contribution in [0.1, 0.15) is 5.89 Å². The van der Waals surface area contributed by atoms with E-state index in [1.807, 2.05) is 36.0 Å². The molecule has 1 atom stereocenters. The first-order valence-electron chi connectivity index (χ1n) is 6.63. The van der Waals surface area contributed by atoms with Gasteiger partial charge >= 0.3 is 0 Å². The van der Waals surface area contributed by atoms with Gasteiger partial charge in [-0.15, -0.1) is 0 Å². The SMILES string of the molecule is COc1cccc(-c2noc(CC3CSCCN3)n2)c1. The van der Waals surface area contributed by atoms with E-state index in [1.54, 1.807) is 7.11 Å². The zero-order chi connectivity index (χ0) is 13.8. The summed E-state index contributed by atoms with van der Waals surface area (Å²) < 4.78 is 10.5. The van der Waals surface area contributed by atoms with Gasteiger partial charge in [0.1, 0.15) is 5.75 Å². The van der Waals surface area contributed by atoms with Gasteiger partial charge in [0.05, 0.1) is 7.11 Å². The van der Waals surface area contributed by atoms with Crippen molar-refractivity contribution in [2.24, 2.45) is 0 Å². The first kappa shape index (κ1) is 13.5. The van der Waals surface area contributed by atoms with Crippen molar-refractivity contribution in [2.75, 3.05) is 25.2 Å². The van der Waals surface area contributed by atoms with E-state index in [-0.39, 0.29) is 0 Å². The van der Waals surface area contributed by atoms with Gasteiger partial charge in [0.25, 0.3) is 0 Å². The smallest absolute Gasteiger partial charge is 0.228 e. The summed E-state index contributed by atoms with van der Waals surface area (Å²) in [6.07, 6.45) is 0.782. The van der Waals surface area contributed by atoms with Gasteiger partial charge in [0.2, 0.25) is 11.7 Å². The molecule has 0 bridgehead atoms. The lowest BCUT2D eigenvalue weighted by Gasteiger charge is -2.21. The number of rotatable bonds is 4. The van der Waals surface area contributed by atoms with Gasteiger partial charge in [-0.25, -0.2) is 0 Å². The summed E-state index contributed by atoms with van der Waals surface area (Å²) in [7, 11) is 1.65. The number of nitrogens with one attached hydrogen (secondary N) is 1. The predicted molar refractivity (Wildman–Crippen MR) is 79.1 cm³/mol. The molecule has 1 fully saturated rings. The van der Waals surface area contributed by atoms with Crippen LogP contribution in [0.4, 0.5) is 0 Å². The first-order chi connectivity index (χ1) is 9.85. The molecule has 0 radical (unpaired) electrons. The summed E-state index contributed by atoms with van der Waals surface area (Å²) in [6, 6.07) is 8.10. The lowest BCUT2D eigenvalue weighted by Crippen LogP contribution is -2.38. The fourth-order valence-corrected chi connectivity index (χ4v) is 3.13. The molecule has 3 rings (SSSR count). The fourth-order valence-electron chi connectivity index (χ4n) is 2.18. The van der Waals surface area contributed by atoms with Crippen molar-refractivity contribution in [1.29, 1.82) is 0 Å². The molecule has 0 spiro atoms. The fraction of sp³-hybridized carbons (Fsp3) is 0.429. The minimum absolute atomic E-state index is 0.423. The van der Waals surface area contributed by atoms with E-state index in [0.29, 0.717) is 17.8 Å². The summed E-state index contributed by atoms with van der Waals surface area (Å²) in [5.74, 6) is 4.36. The molecule has 0 aliphatic carbocycles. The van der Waals surface area contributed by atoms with Crippen LogP contribution < -0.4 is 10.1 Å². The molecule has 5 nitrogen and oxygen atoms in total. The average molecular weight is 291 g/mol. The number of hydrogen-bond acceptors (Lipinski definition) is 6. The number of hydrogen-bond donors (Lipinski definition) is 1. The van der Waals surface area contributed by atoms with Crippen molar-refractivity contribution in [3.8, 4) is 17.1 Å². The van der Waals surface area contributed by atoms with Gasteiger partial charge in [-0.1, -0.05) is 17.3 Å². The quantitative estimate of drug-likeness (QED) is 0.929. The highest BCUT2D eigenvalue weighted by Crippen LogP contribution is 2.21. The molecule has 1 N–H and O–H groups in total. The van der Waals surface area contributed by atoms with E-state index in [1.165, 1.54) is 5.75 Å².